The van der Waals surface area contributed by atoms with E-state index in [4.69, 9.17) is 0 Å². The van der Waals surface area contributed by atoms with Crippen molar-refractivity contribution >= 4 is 11.6 Å². The van der Waals surface area contributed by atoms with Crippen molar-refractivity contribution in [2.75, 3.05) is 13.1 Å². The van der Waals surface area contributed by atoms with Crippen molar-refractivity contribution in [3.63, 3.8) is 0 Å². The first-order valence-corrected chi connectivity index (χ1v) is 12.0. The second kappa shape index (κ2) is 8.42. The molecule has 0 saturated carbocycles. The lowest BCUT2D eigenvalue weighted by atomic mass is 9.89. The van der Waals surface area contributed by atoms with Gasteiger partial charge in [-0.1, -0.05) is 109 Å². The summed E-state index contributed by atoms with van der Waals surface area (Å²) in [5.41, 5.74) is 4.54. The van der Waals surface area contributed by atoms with Crippen molar-refractivity contribution in [1.29, 1.82) is 0 Å². The highest BCUT2D eigenvalue weighted by Gasteiger charge is 2.51. The Morgan fingerprint density at radius 3 is 1.20 bits per heavy atom. The normalized spacial score (nSPS) is 22.4. The summed E-state index contributed by atoms with van der Waals surface area (Å²) in [4.78, 5) is 26.4. The predicted molar refractivity (Wildman–Crippen MR) is 137 cm³/mol. The Kier molecular flexibility index (Phi) is 5.21. The van der Waals surface area contributed by atoms with E-state index in [1.165, 1.54) is 0 Å². The first-order chi connectivity index (χ1) is 17.1. The van der Waals surface area contributed by atoms with Crippen LogP contribution >= 0.6 is 0 Å². The van der Waals surface area contributed by atoms with Crippen LogP contribution < -0.4 is 10.6 Å². The molecule has 2 fully saturated rings. The summed E-state index contributed by atoms with van der Waals surface area (Å²) in [5, 5.41) is 6.55. The number of hydrogen-bond donors (Lipinski definition) is 2. The Morgan fingerprint density at radius 2 is 0.886 bits per heavy atom. The Bertz CT molecular complexity index is 1260. The van der Waals surface area contributed by atoms with E-state index in [2.05, 4.69) is 10.6 Å². The van der Waals surface area contributed by atoms with Crippen LogP contribution in [0.2, 0.25) is 0 Å². The van der Waals surface area contributed by atoms with Crippen molar-refractivity contribution in [2.24, 2.45) is 0 Å². The molecule has 4 aromatic carbocycles. The monoisotopic (exact) mass is 458 g/mol. The van der Waals surface area contributed by atoms with E-state index >= 15 is 0 Å². The minimum absolute atomic E-state index is 0.110. The highest BCUT2D eigenvalue weighted by atomic mass is 16.1. The van der Waals surface area contributed by atoms with Crippen LogP contribution in [0.4, 0.5) is 0 Å². The van der Waals surface area contributed by atoms with E-state index in [-0.39, 0.29) is 11.6 Å². The Hall–Kier alpha value is -3.86. The minimum atomic E-state index is -0.585. The van der Waals surface area contributed by atoms with Gasteiger partial charge < -0.3 is 0 Å². The van der Waals surface area contributed by atoms with E-state index < -0.39 is 11.1 Å². The fraction of sp³-hybridized carbons (Fsp3) is 0.161. The van der Waals surface area contributed by atoms with Gasteiger partial charge in [0.05, 0.1) is 0 Å². The zero-order valence-corrected chi connectivity index (χ0v) is 19.3. The second-order valence-corrected chi connectivity index (χ2v) is 9.48. The molecular weight excluding hydrogens is 432 g/mol. The van der Waals surface area contributed by atoms with Gasteiger partial charge in [0.1, 0.15) is 11.1 Å². The van der Waals surface area contributed by atoms with Gasteiger partial charge in [-0.05, 0) is 28.7 Å². The van der Waals surface area contributed by atoms with Crippen LogP contribution in [0.25, 0.3) is 0 Å². The zero-order chi connectivity index (χ0) is 23.9. The molecule has 6 rings (SSSR count). The van der Waals surface area contributed by atoms with Crippen LogP contribution in [0.3, 0.4) is 0 Å². The third kappa shape index (κ3) is 3.91. The molecule has 4 nitrogen and oxygen atoms in total. The topological polar surface area (TPSA) is 78.0 Å². The van der Waals surface area contributed by atoms with Crippen molar-refractivity contribution in [3.05, 3.63) is 143 Å². The van der Waals surface area contributed by atoms with Crippen LogP contribution in [-0.4, -0.2) is 24.7 Å². The lowest BCUT2D eigenvalue weighted by Gasteiger charge is -2.14. The molecule has 2 saturated heterocycles. The number of rotatable bonds is 8. The molecule has 35 heavy (non-hydrogen) atoms. The van der Waals surface area contributed by atoms with Crippen molar-refractivity contribution < 1.29 is 9.59 Å². The summed E-state index contributed by atoms with van der Waals surface area (Å²) in [5.74, 6) is 0.221. The summed E-state index contributed by atoms with van der Waals surface area (Å²) in [6, 6.07) is 35.6. The predicted octanol–water partition coefficient (Wildman–Crippen LogP) is 4.64. The third-order valence-electron chi connectivity index (χ3n) is 7.21. The van der Waals surface area contributed by atoms with Crippen molar-refractivity contribution in [2.45, 2.75) is 17.5 Å². The van der Waals surface area contributed by atoms with Gasteiger partial charge >= 0.3 is 0 Å². The van der Waals surface area contributed by atoms with Gasteiger partial charge in [-0.2, -0.15) is 0 Å². The second-order valence-electron chi connectivity index (χ2n) is 9.48. The average Bonchev–Trinajstić information content (AvgIpc) is 3.85. The SMILES string of the molecule is O=C(c1ccc(Cc2ccc(C(=O)C3(c4ccccc4)CN3)cc2)cc1)C1(c2ccccc2)CN1. The summed E-state index contributed by atoms with van der Waals surface area (Å²) in [6.45, 7) is 1.34. The molecule has 0 spiro atoms. The Labute approximate surface area is 205 Å². The largest absolute Gasteiger partial charge is 0.297 e. The first-order valence-electron chi connectivity index (χ1n) is 12.0. The van der Waals surface area contributed by atoms with Crippen molar-refractivity contribution in [1.82, 2.24) is 10.6 Å². The van der Waals surface area contributed by atoms with Crippen LogP contribution in [0.1, 0.15) is 43.0 Å². The molecule has 0 bridgehead atoms. The number of nitrogens with one attached hydrogen (secondary N) is 2. The minimum Gasteiger partial charge on any atom is -0.297 e. The van der Waals surface area contributed by atoms with E-state index in [0.29, 0.717) is 24.2 Å². The molecule has 2 aliphatic heterocycles. The fourth-order valence-electron chi connectivity index (χ4n) is 4.89. The number of Topliss-reactive ketones (excluding diaryl/α,β-unsaturated/α-hetero) is 2. The molecule has 2 aliphatic rings. The van der Waals surface area contributed by atoms with Gasteiger partial charge in [-0.15, -0.1) is 0 Å². The number of carbonyl (C=O) groups is 2. The molecule has 4 heteroatoms. The lowest BCUT2D eigenvalue weighted by molar-refractivity contribution is 0.0936. The first kappa shape index (κ1) is 21.7. The number of hydrogen-bond acceptors (Lipinski definition) is 4. The standard InChI is InChI=1S/C31H26N2O2/c34-28(30(20-32-30)26-7-3-1-4-8-26)24-15-11-22(12-16-24)19-23-13-17-25(18-14-23)29(35)31(21-33-31)27-9-5-2-6-10-27/h1-18,32-33H,19-21H2. The van der Waals surface area contributed by atoms with Crippen LogP contribution in [0.15, 0.2) is 109 Å². The molecular formula is C31H26N2O2. The fourth-order valence-corrected chi connectivity index (χ4v) is 4.89. The summed E-state index contributed by atoms with van der Waals surface area (Å²) >= 11 is 0. The average molecular weight is 459 g/mol. The van der Waals surface area contributed by atoms with Crippen LogP contribution in [-0.2, 0) is 17.5 Å². The molecule has 2 heterocycles. The molecule has 0 aliphatic carbocycles. The smallest absolute Gasteiger partial charge is 0.188 e. The van der Waals surface area contributed by atoms with E-state index in [1.807, 2.05) is 109 Å². The molecule has 172 valence electrons. The zero-order valence-electron chi connectivity index (χ0n) is 19.3. The lowest BCUT2D eigenvalue weighted by Crippen LogP contribution is -2.25. The van der Waals surface area contributed by atoms with Gasteiger partial charge in [0.15, 0.2) is 11.6 Å². The quantitative estimate of drug-likeness (QED) is 0.298. The Morgan fingerprint density at radius 1 is 0.543 bits per heavy atom. The van der Waals surface area contributed by atoms with Crippen molar-refractivity contribution in [3.8, 4) is 0 Å². The summed E-state index contributed by atoms with van der Waals surface area (Å²) in [7, 11) is 0. The van der Waals surface area contributed by atoms with E-state index in [0.717, 1.165) is 28.7 Å². The third-order valence-corrected chi connectivity index (χ3v) is 7.21. The maximum absolute atomic E-state index is 13.2. The summed E-state index contributed by atoms with van der Waals surface area (Å²) in [6.07, 6.45) is 0.743. The van der Waals surface area contributed by atoms with Gasteiger partial charge in [-0.3, -0.25) is 20.2 Å². The molecule has 0 amide bonds. The molecule has 2 atom stereocenters. The van der Waals surface area contributed by atoms with Gasteiger partial charge in [0.25, 0.3) is 0 Å². The van der Waals surface area contributed by atoms with Gasteiger partial charge in [-0.25, -0.2) is 0 Å². The molecule has 4 aromatic rings. The van der Waals surface area contributed by atoms with Crippen LogP contribution in [0, 0.1) is 0 Å². The number of ketones is 2. The number of benzene rings is 4. The Balaban J connectivity index is 1.14. The highest BCUT2D eigenvalue weighted by molar-refractivity contribution is 6.06. The molecule has 2 N–H and O–H groups in total. The highest BCUT2D eigenvalue weighted by Crippen LogP contribution is 2.35. The van der Waals surface area contributed by atoms with Gasteiger partial charge in [0, 0.05) is 24.2 Å². The van der Waals surface area contributed by atoms with E-state index in [9.17, 15) is 9.59 Å². The van der Waals surface area contributed by atoms with E-state index in [1.54, 1.807) is 0 Å². The molecule has 0 radical (unpaired) electrons. The maximum atomic E-state index is 13.2. The maximum Gasteiger partial charge on any atom is 0.188 e. The molecule has 2 unspecified atom stereocenters. The summed E-state index contributed by atoms with van der Waals surface area (Å²) < 4.78 is 0. The number of carbonyl (C=O) groups excluding carboxylic acids is 2. The van der Waals surface area contributed by atoms with Crippen LogP contribution in [0.5, 0.6) is 0 Å². The van der Waals surface area contributed by atoms with Gasteiger partial charge in [0.2, 0.25) is 0 Å². The molecule has 0 aromatic heterocycles.